The van der Waals surface area contributed by atoms with Crippen molar-refractivity contribution in [2.45, 2.75) is 39.7 Å². The Bertz CT molecular complexity index is 767. The molecule has 124 valence electrons. The van der Waals surface area contributed by atoms with Crippen LogP contribution in [0, 0.1) is 0 Å². The van der Waals surface area contributed by atoms with E-state index in [1.54, 1.807) is 4.57 Å². The maximum absolute atomic E-state index is 10.9. The minimum absolute atomic E-state index is 0.0134. The summed E-state index contributed by atoms with van der Waals surface area (Å²) >= 11 is 6.20. The summed E-state index contributed by atoms with van der Waals surface area (Å²) in [6.07, 6.45) is 2.89. The molecule has 0 atom stereocenters. The van der Waals surface area contributed by atoms with E-state index in [0.717, 1.165) is 12.8 Å². The number of aromatic hydroxyl groups is 1. The summed E-state index contributed by atoms with van der Waals surface area (Å²) in [5, 5.41) is 14.0. The molecule has 0 amide bonds. The van der Waals surface area contributed by atoms with Crippen LogP contribution in [0.1, 0.15) is 45.2 Å². The highest BCUT2D eigenvalue weighted by molar-refractivity contribution is 6.35. The summed E-state index contributed by atoms with van der Waals surface area (Å²) in [6.45, 7) is 5.20. The van der Waals surface area contributed by atoms with Gasteiger partial charge in [-0.2, -0.15) is 4.98 Å². The molecule has 3 N–H and O–H groups in total. The van der Waals surface area contributed by atoms with Gasteiger partial charge in [-0.05, 0) is 12.8 Å². The van der Waals surface area contributed by atoms with Crippen molar-refractivity contribution in [1.29, 1.82) is 0 Å². The van der Waals surface area contributed by atoms with Gasteiger partial charge in [-0.25, -0.2) is 9.78 Å². The lowest BCUT2D eigenvalue weighted by molar-refractivity contribution is -0.140. The fraction of sp³-hybridized carbons (Fsp3) is 0.429. The first-order valence-corrected chi connectivity index (χ1v) is 7.55. The standard InChI is InChI=1S/C14H18ClN5O3/c1-4-8(5-2)20-11-10(12(16)19-23-7(3)21)9(15)6-17-13(11)18-14(20)22/h6,8H,4-5H2,1-3H3,(H2,16,19)(H,17,18,22). The van der Waals surface area contributed by atoms with Crippen LogP contribution in [-0.4, -0.2) is 31.4 Å². The van der Waals surface area contributed by atoms with E-state index in [2.05, 4.69) is 20.0 Å². The highest BCUT2D eigenvalue weighted by Crippen LogP contribution is 2.32. The zero-order valence-electron chi connectivity index (χ0n) is 13.1. The predicted octanol–water partition coefficient (Wildman–Crippen LogP) is 2.33. The molecule has 2 aromatic rings. The molecule has 0 aliphatic rings. The predicted molar refractivity (Wildman–Crippen MR) is 86.3 cm³/mol. The molecule has 0 saturated heterocycles. The van der Waals surface area contributed by atoms with Crippen molar-refractivity contribution in [3.63, 3.8) is 0 Å². The van der Waals surface area contributed by atoms with E-state index in [0.29, 0.717) is 11.1 Å². The first kappa shape index (κ1) is 17.0. The maximum atomic E-state index is 10.9. The number of fused-ring (bicyclic) bond motifs is 1. The molecule has 0 aliphatic heterocycles. The second-order valence-corrected chi connectivity index (χ2v) is 5.37. The summed E-state index contributed by atoms with van der Waals surface area (Å²) in [4.78, 5) is 23.6. The Labute approximate surface area is 137 Å². The quantitative estimate of drug-likeness (QED) is 0.374. The first-order chi connectivity index (χ1) is 10.9. The van der Waals surface area contributed by atoms with Crippen LogP contribution in [0.25, 0.3) is 11.2 Å². The van der Waals surface area contributed by atoms with Crippen molar-refractivity contribution in [3.8, 4) is 6.01 Å². The molecule has 2 heterocycles. The zero-order chi connectivity index (χ0) is 17.1. The summed E-state index contributed by atoms with van der Waals surface area (Å²) in [5.74, 6) is -0.699. The van der Waals surface area contributed by atoms with Crippen molar-refractivity contribution in [1.82, 2.24) is 14.5 Å². The van der Waals surface area contributed by atoms with Gasteiger partial charge in [0, 0.05) is 19.2 Å². The molecule has 2 aromatic heterocycles. The Morgan fingerprint density at radius 2 is 2.17 bits per heavy atom. The van der Waals surface area contributed by atoms with Gasteiger partial charge >= 0.3 is 5.97 Å². The van der Waals surface area contributed by atoms with Crippen LogP contribution in [0.3, 0.4) is 0 Å². The number of hydrogen-bond donors (Lipinski definition) is 2. The summed E-state index contributed by atoms with van der Waals surface area (Å²) in [5.41, 5.74) is 6.97. The summed E-state index contributed by atoms with van der Waals surface area (Å²) in [7, 11) is 0. The van der Waals surface area contributed by atoms with Crippen molar-refractivity contribution < 1.29 is 14.7 Å². The first-order valence-electron chi connectivity index (χ1n) is 7.17. The van der Waals surface area contributed by atoms with E-state index in [-0.39, 0.29) is 28.6 Å². The number of aromatic nitrogens is 3. The molecule has 0 bridgehead atoms. The fourth-order valence-corrected chi connectivity index (χ4v) is 2.66. The number of hydrogen-bond acceptors (Lipinski definition) is 6. The molecule has 0 saturated carbocycles. The molecule has 9 heteroatoms. The molecule has 0 unspecified atom stereocenters. The lowest BCUT2D eigenvalue weighted by atomic mass is 10.1. The van der Waals surface area contributed by atoms with E-state index in [4.69, 9.17) is 17.3 Å². The van der Waals surface area contributed by atoms with E-state index in [9.17, 15) is 9.90 Å². The van der Waals surface area contributed by atoms with Crippen LogP contribution in [0.15, 0.2) is 11.4 Å². The minimum Gasteiger partial charge on any atom is -0.480 e. The Balaban J connectivity index is 2.75. The van der Waals surface area contributed by atoms with E-state index < -0.39 is 5.97 Å². The van der Waals surface area contributed by atoms with Gasteiger partial charge in [0.15, 0.2) is 11.5 Å². The molecule has 0 fully saturated rings. The number of oxime groups is 1. The number of amidine groups is 1. The van der Waals surface area contributed by atoms with Crippen molar-refractivity contribution in [2.75, 3.05) is 0 Å². The van der Waals surface area contributed by atoms with E-state index in [1.165, 1.54) is 13.1 Å². The van der Waals surface area contributed by atoms with Crippen LogP contribution >= 0.6 is 11.6 Å². The van der Waals surface area contributed by atoms with Crippen molar-refractivity contribution >= 4 is 34.6 Å². The molecule has 0 aliphatic carbocycles. The van der Waals surface area contributed by atoms with Gasteiger partial charge < -0.3 is 15.7 Å². The van der Waals surface area contributed by atoms with E-state index >= 15 is 0 Å². The maximum Gasteiger partial charge on any atom is 0.332 e. The Morgan fingerprint density at radius 3 is 2.74 bits per heavy atom. The lowest BCUT2D eigenvalue weighted by Crippen LogP contribution is -2.18. The molecule has 8 nitrogen and oxygen atoms in total. The number of nitrogens with two attached hydrogens (primary N) is 1. The fourth-order valence-electron chi connectivity index (χ4n) is 2.43. The third-order valence-electron chi connectivity index (χ3n) is 3.49. The van der Waals surface area contributed by atoms with E-state index in [1.807, 2.05) is 13.8 Å². The molecular formula is C14H18ClN5O3. The lowest BCUT2D eigenvalue weighted by Gasteiger charge is -2.17. The molecule has 23 heavy (non-hydrogen) atoms. The normalized spacial score (nSPS) is 12.1. The highest BCUT2D eigenvalue weighted by atomic mass is 35.5. The van der Waals surface area contributed by atoms with Crippen LogP contribution in [0.5, 0.6) is 6.01 Å². The zero-order valence-corrected chi connectivity index (χ0v) is 13.8. The molecule has 0 spiro atoms. The number of nitrogens with zero attached hydrogens (tertiary/aromatic N) is 4. The highest BCUT2D eigenvalue weighted by Gasteiger charge is 2.23. The Morgan fingerprint density at radius 1 is 1.52 bits per heavy atom. The number of rotatable bonds is 5. The summed E-state index contributed by atoms with van der Waals surface area (Å²) < 4.78 is 1.62. The van der Waals surface area contributed by atoms with Crippen LogP contribution < -0.4 is 5.73 Å². The smallest absolute Gasteiger partial charge is 0.332 e. The number of carbonyl (C=O) groups excluding carboxylic acids is 1. The van der Waals surface area contributed by atoms with Crippen LogP contribution in [0.2, 0.25) is 5.02 Å². The van der Waals surface area contributed by atoms with Crippen molar-refractivity contribution in [3.05, 3.63) is 16.8 Å². The third-order valence-corrected chi connectivity index (χ3v) is 3.77. The second kappa shape index (κ2) is 6.82. The topological polar surface area (TPSA) is 116 Å². The molecule has 0 aromatic carbocycles. The summed E-state index contributed by atoms with van der Waals surface area (Å²) in [6, 6.07) is -0.189. The van der Waals surface area contributed by atoms with Crippen LogP contribution in [-0.2, 0) is 9.63 Å². The number of imidazole rings is 1. The second-order valence-electron chi connectivity index (χ2n) is 4.96. The molecule has 2 rings (SSSR count). The Hall–Kier alpha value is -2.35. The van der Waals surface area contributed by atoms with Gasteiger partial charge in [0.05, 0.1) is 10.6 Å². The van der Waals surface area contributed by atoms with Gasteiger partial charge in [0.25, 0.3) is 6.01 Å². The Kier molecular flexibility index (Phi) is 5.05. The van der Waals surface area contributed by atoms with Gasteiger partial charge in [-0.15, -0.1) is 0 Å². The SMILES string of the molecule is CCC(CC)n1c(O)nc2ncc(Cl)c(/C(N)=N/OC(C)=O)c21. The monoisotopic (exact) mass is 339 g/mol. The largest absolute Gasteiger partial charge is 0.480 e. The molecule has 0 radical (unpaired) electrons. The third kappa shape index (κ3) is 3.21. The van der Waals surface area contributed by atoms with Gasteiger partial charge in [0.1, 0.15) is 5.52 Å². The number of pyridine rings is 1. The average Bonchev–Trinajstić information content (AvgIpc) is 2.83. The van der Waals surface area contributed by atoms with Gasteiger partial charge in [-0.1, -0.05) is 30.6 Å². The number of halogens is 1. The average molecular weight is 340 g/mol. The van der Waals surface area contributed by atoms with Gasteiger partial charge in [-0.3, -0.25) is 4.57 Å². The van der Waals surface area contributed by atoms with Gasteiger partial charge in [0.2, 0.25) is 0 Å². The minimum atomic E-state index is -0.606. The van der Waals surface area contributed by atoms with Crippen LogP contribution in [0.4, 0.5) is 0 Å². The number of carbonyl (C=O) groups is 1. The van der Waals surface area contributed by atoms with Crippen molar-refractivity contribution in [2.24, 2.45) is 10.9 Å². The molecular weight excluding hydrogens is 322 g/mol.